The number of para-hydroxylation sites is 3. The minimum absolute atomic E-state index is 0.0313. The van der Waals surface area contributed by atoms with Crippen LogP contribution in [0.15, 0.2) is 59.8 Å². The molecule has 7 heteroatoms. The molecule has 0 aliphatic rings. The number of carbonyl (C=O) groups excluding carboxylic acids is 1. The highest BCUT2D eigenvalue weighted by molar-refractivity contribution is 7.99. The Morgan fingerprint density at radius 2 is 1.89 bits per heavy atom. The number of carbonyl (C=O) groups is 1. The monoisotopic (exact) mass is 385 g/mol. The zero-order valence-electron chi connectivity index (χ0n) is 15.3. The average Bonchev–Trinajstić information content (AvgIpc) is 3.05. The van der Waals surface area contributed by atoms with Gasteiger partial charge in [0.15, 0.2) is 5.16 Å². The maximum atomic E-state index is 12.0. The Morgan fingerprint density at radius 3 is 2.70 bits per heavy atom. The van der Waals surface area contributed by atoms with Crippen LogP contribution in [0.5, 0.6) is 5.75 Å². The topological polar surface area (TPSA) is 65.4 Å². The Hall–Kier alpha value is -2.51. The van der Waals surface area contributed by atoms with Gasteiger partial charge in [-0.2, -0.15) is 0 Å². The van der Waals surface area contributed by atoms with Crippen LogP contribution >= 0.6 is 11.8 Å². The van der Waals surface area contributed by atoms with E-state index in [1.165, 1.54) is 11.8 Å². The molecule has 3 aromatic rings. The number of nitrogens with one attached hydrogen (secondary N) is 1. The first-order valence-corrected chi connectivity index (χ1v) is 9.78. The second kappa shape index (κ2) is 9.99. The van der Waals surface area contributed by atoms with Gasteiger partial charge >= 0.3 is 0 Å². The summed E-state index contributed by atoms with van der Waals surface area (Å²) in [4.78, 5) is 16.6. The number of benzene rings is 2. The molecule has 0 bridgehead atoms. The molecule has 0 spiro atoms. The summed E-state index contributed by atoms with van der Waals surface area (Å²) in [6.45, 7) is 2.20. The quantitative estimate of drug-likeness (QED) is 0.429. The van der Waals surface area contributed by atoms with Gasteiger partial charge < -0.3 is 19.4 Å². The third-order valence-electron chi connectivity index (χ3n) is 3.91. The Kier molecular flexibility index (Phi) is 7.12. The number of imidazole rings is 1. The molecule has 1 amide bonds. The summed E-state index contributed by atoms with van der Waals surface area (Å²) in [5.74, 6) is 1.12. The zero-order valence-corrected chi connectivity index (χ0v) is 16.1. The van der Waals surface area contributed by atoms with Gasteiger partial charge in [-0.25, -0.2) is 4.98 Å². The lowest BCUT2D eigenvalue weighted by molar-refractivity contribution is -0.118. The van der Waals surface area contributed by atoms with Gasteiger partial charge in [0.1, 0.15) is 12.4 Å². The number of nitrogens with zero attached hydrogens (tertiary/aromatic N) is 2. The molecule has 142 valence electrons. The highest BCUT2D eigenvalue weighted by Gasteiger charge is 2.13. The van der Waals surface area contributed by atoms with Gasteiger partial charge in [-0.3, -0.25) is 4.79 Å². The molecule has 1 aromatic heterocycles. The molecule has 6 nitrogen and oxygen atoms in total. The second-order valence-corrected chi connectivity index (χ2v) is 6.77. The molecule has 2 aromatic carbocycles. The van der Waals surface area contributed by atoms with E-state index in [2.05, 4.69) is 14.9 Å². The Bertz CT molecular complexity index is 867. The van der Waals surface area contributed by atoms with Crippen LogP contribution < -0.4 is 10.1 Å². The lowest BCUT2D eigenvalue weighted by atomic mass is 10.3. The van der Waals surface area contributed by atoms with Crippen molar-refractivity contribution in [2.45, 2.75) is 11.7 Å². The molecule has 0 saturated carbocycles. The third kappa shape index (κ3) is 5.48. The molecule has 0 unspecified atom stereocenters. The van der Waals surface area contributed by atoms with E-state index in [1.54, 1.807) is 7.11 Å². The molecule has 1 heterocycles. The Balaban J connectivity index is 1.65. The molecule has 0 aliphatic heterocycles. The summed E-state index contributed by atoms with van der Waals surface area (Å²) >= 11 is 1.43. The lowest BCUT2D eigenvalue weighted by Crippen LogP contribution is -2.28. The van der Waals surface area contributed by atoms with Crippen molar-refractivity contribution < 1.29 is 14.3 Å². The number of fused-ring (bicyclic) bond motifs is 1. The van der Waals surface area contributed by atoms with Crippen LogP contribution in [0.2, 0.25) is 0 Å². The minimum Gasteiger partial charge on any atom is -0.492 e. The number of hydrogen-bond acceptors (Lipinski definition) is 5. The van der Waals surface area contributed by atoms with Gasteiger partial charge in [-0.15, -0.1) is 0 Å². The van der Waals surface area contributed by atoms with E-state index in [4.69, 9.17) is 9.47 Å². The van der Waals surface area contributed by atoms with Crippen molar-refractivity contribution in [3.63, 3.8) is 0 Å². The molecule has 1 N–H and O–H groups in total. The number of aromatic nitrogens is 2. The van der Waals surface area contributed by atoms with E-state index in [0.717, 1.165) is 21.9 Å². The first-order valence-electron chi connectivity index (χ1n) is 8.79. The first-order chi connectivity index (χ1) is 13.3. The normalized spacial score (nSPS) is 10.9. The summed E-state index contributed by atoms with van der Waals surface area (Å²) in [5.41, 5.74) is 1.95. The van der Waals surface area contributed by atoms with Crippen molar-refractivity contribution in [3.8, 4) is 5.75 Å². The van der Waals surface area contributed by atoms with Crippen LogP contribution in [-0.2, 0) is 16.1 Å². The van der Waals surface area contributed by atoms with E-state index in [-0.39, 0.29) is 5.91 Å². The van der Waals surface area contributed by atoms with Gasteiger partial charge in [0, 0.05) is 13.7 Å². The second-order valence-electron chi connectivity index (χ2n) is 5.83. The number of ether oxygens (including phenoxy) is 2. The van der Waals surface area contributed by atoms with E-state index >= 15 is 0 Å². The number of amides is 1. The van der Waals surface area contributed by atoms with E-state index in [9.17, 15) is 4.79 Å². The van der Waals surface area contributed by atoms with Crippen LogP contribution in [0.1, 0.15) is 0 Å². The third-order valence-corrected chi connectivity index (χ3v) is 4.88. The fourth-order valence-corrected chi connectivity index (χ4v) is 3.50. The maximum Gasteiger partial charge on any atom is 0.230 e. The summed E-state index contributed by atoms with van der Waals surface area (Å²) < 4.78 is 12.9. The van der Waals surface area contributed by atoms with Crippen LogP contribution in [-0.4, -0.2) is 48.1 Å². The van der Waals surface area contributed by atoms with E-state index in [0.29, 0.717) is 32.1 Å². The molecular formula is C20H23N3O3S. The zero-order chi connectivity index (χ0) is 18.9. The Labute approximate surface area is 162 Å². The molecule has 0 radical (unpaired) electrons. The molecule has 27 heavy (non-hydrogen) atoms. The van der Waals surface area contributed by atoms with Crippen molar-refractivity contribution in [1.82, 2.24) is 14.9 Å². The highest BCUT2D eigenvalue weighted by Crippen LogP contribution is 2.24. The van der Waals surface area contributed by atoms with Gasteiger partial charge in [-0.05, 0) is 24.3 Å². The van der Waals surface area contributed by atoms with Crippen LogP contribution in [0.25, 0.3) is 11.0 Å². The number of rotatable bonds is 10. The fourth-order valence-electron chi connectivity index (χ4n) is 2.62. The smallest absolute Gasteiger partial charge is 0.230 e. The number of methoxy groups -OCH3 is 1. The van der Waals surface area contributed by atoms with Gasteiger partial charge in [0.25, 0.3) is 0 Å². The van der Waals surface area contributed by atoms with Crippen LogP contribution in [0, 0.1) is 0 Å². The molecule has 0 fully saturated rings. The average molecular weight is 385 g/mol. The van der Waals surface area contributed by atoms with E-state index < -0.39 is 0 Å². The summed E-state index contributed by atoms with van der Waals surface area (Å²) in [5, 5.41) is 3.64. The van der Waals surface area contributed by atoms with Crippen LogP contribution in [0.3, 0.4) is 0 Å². The summed E-state index contributed by atoms with van der Waals surface area (Å²) in [7, 11) is 1.61. The molecule has 0 saturated heterocycles. The largest absolute Gasteiger partial charge is 0.492 e. The summed E-state index contributed by atoms with van der Waals surface area (Å²) in [6, 6.07) is 17.7. The van der Waals surface area contributed by atoms with Crippen molar-refractivity contribution in [3.05, 3.63) is 54.6 Å². The molecular weight excluding hydrogens is 362 g/mol. The summed E-state index contributed by atoms with van der Waals surface area (Å²) in [6.07, 6.45) is 0. The predicted molar refractivity (Wildman–Crippen MR) is 107 cm³/mol. The number of thioether (sulfide) groups is 1. The molecule has 0 aliphatic carbocycles. The highest BCUT2D eigenvalue weighted by atomic mass is 32.2. The molecule has 3 rings (SSSR count). The fraction of sp³-hybridized carbons (Fsp3) is 0.300. The van der Waals surface area contributed by atoms with Crippen molar-refractivity contribution in [2.24, 2.45) is 0 Å². The van der Waals surface area contributed by atoms with E-state index in [1.807, 2.05) is 54.6 Å². The van der Waals surface area contributed by atoms with Crippen molar-refractivity contribution in [2.75, 3.05) is 32.6 Å². The first kappa shape index (κ1) is 19.3. The van der Waals surface area contributed by atoms with Gasteiger partial charge in [0.2, 0.25) is 5.91 Å². The lowest BCUT2D eigenvalue weighted by Gasteiger charge is -2.10. The predicted octanol–water partition coefficient (Wildman–Crippen LogP) is 2.97. The van der Waals surface area contributed by atoms with Crippen LogP contribution in [0.4, 0.5) is 0 Å². The maximum absolute atomic E-state index is 12.0. The number of hydrogen-bond donors (Lipinski definition) is 1. The van der Waals surface area contributed by atoms with Gasteiger partial charge in [-0.1, -0.05) is 42.1 Å². The van der Waals surface area contributed by atoms with Crippen molar-refractivity contribution >= 4 is 28.7 Å². The minimum atomic E-state index is -0.0313. The standard InChI is InChI=1S/C20H23N3O3S/c1-25-13-11-21-19(24)15-27-20-22-17-9-5-6-10-18(17)23(20)12-14-26-16-7-3-2-4-8-16/h2-10H,11-15H2,1H3,(H,21,24). The Morgan fingerprint density at radius 1 is 1.11 bits per heavy atom. The van der Waals surface area contributed by atoms with Gasteiger partial charge in [0.05, 0.1) is 29.9 Å². The van der Waals surface area contributed by atoms with Crippen molar-refractivity contribution in [1.29, 1.82) is 0 Å². The SMILES string of the molecule is COCCNC(=O)CSc1nc2ccccc2n1CCOc1ccccc1. The molecule has 0 atom stereocenters.